The molecule has 0 radical (unpaired) electrons. The van der Waals surface area contributed by atoms with Crippen LogP contribution in [-0.2, 0) is 64.8 Å². The second-order valence-corrected chi connectivity index (χ2v) is 33.1. The number of aliphatic hydroxyl groups is 2. The number of halogens is 4. The van der Waals surface area contributed by atoms with Crippen LogP contribution in [0.25, 0.3) is 6.08 Å². The number of phenols is 2. The minimum absolute atomic E-state index is 0. The van der Waals surface area contributed by atoms with Gasteiger partial charge in [-0.25, -0.2) is 35.8 Å². The molecular formula is C88H130F4N4O27P4. The molecular weight excluding hydrogens is 1740 g/mol. The van der Waals surface area contributed by atoms with E-state index in [2.05, 4.69) is 68.0 Å². The SMILES string of the molecule is C.C=C(O)/C=C/c1ccc(O)cc1.C=C(O)CCc1ccc(O)cc1.CCCCCC(N)C(=O)CCCCCCCNC(=O)C(F)c1ccccc1OP(=O)(O)O.CCCCCCC(=O)Nc1ccc(OP(=O)(O)O)c(CF)c1.CCCCCCCCC(=O)C(F)c1ccc(OP(=O)(O)O)cc1.CCCOCCOCCNC(=O)C(F)c1ccccc1OP(=O)(O)O. The summed E-state index contributed by atoms with van der Waals surface area (Å²) in [6.45, 7) is 16.1. The van der Waals surface area contributed by atoms with Crippen LogP contribution in [0.15, 0.2) is 170 Å². The number of amides is 3. The van der Waals surface area contributed by atoms with Gasteiger partial charge in [0, 0.05) is 67.8 Å². The minimum atomic E-state index is -4.87. The van der Waals surface area contributed by atoms with Gasteiger partial charge in [0.25, 0.3) is 11.8 Å². The van der Waals surface area contributed by atoms with E-state index in [1.807, 2.05) is 19.1 Å². The van der Waals surface area contributed by atoms with Crippen molar-refractivity contribution in [3.8, 4) is 34.5 Å². The van der Waals surface area contributed by atoms with Gasteiger partial charge in [-0.15, -0.1) is 0 Å². The molecule has 0 saturated heterocycles. The van der Waals surface area contributed by atoms with E-state index in [1.54, 1.807) is 42.5 Å². The topological polar surface area (TPSA) is 514 Å². The number of rotatable bonds is 54. The number of ether oxygens (including phenoxy) is 2. The molecule has 0 bridgehead atoms. The number of hydrogen-bond donors (Lipinski definition) is 16. The smallest absolute Gasteiger partial charge is 0.513 e. The molecule has 0 heterocycles. The Morgan fingerprint density at radius 2 is 0.913 bits per heavy atom. The number of aryl methyl sites for hydroxylation is 1. The van der Waals surface area contributed by atoms with Crippen molar-refractivity contribution in [2.45, 2.75) is 227 Å². The number of phosphoric ester groups is 4. The van der Waals surface area contributed by atoms with E-state index in [0.717, 1.165) is 127 Å². The number of benzene rings is 6. The largest absolute Gasteiger partial charge is 0.524 e. The van der Waals surface area contributed by atoms with Gasteiger partial charge in [0.2, 0.25) is 18.3 Å². The van der Waals surface area contributed by atoms with E-state index in [1.165, 1.54) is 103 Å². The molecule has 0 saturated carbocycles. The number of phenolic OH excluding ortho intramolecular Hbond substituents is 2. The summed E-state index contributed by atoms with van der Waals surface area (Å²) in [7, 11) is -19.1. The van der Waals surface area contributed by atoms with Crippen molar-refractivity contribution in [2.24, 2.45) is 5.73 Å². The lowest BCUT2D eigenvalue weighted by Gasteiger charge is -2.15. The second kappa shape index (κ2) is 67.2. The lowest BCUT2D eigenvalue weighted by Crippen LogP contribution is -2.31. The molecule has 6 aromatic rings. The van der Waals surface area contributed by atoms with Gasteiger partial charge in [0.05, 0.1) is 31.6 Å². The molecule has 0 aromatic heterocycles. The number of Topliss-reactive ketones (excluding diaryl/α,β-unsaturated/α-hetero) is 2. The predicted octanol–water partition coefficient (Wildman–Crippen LogP) is 19.4. The van der Waals surface area contributed by atoms with Gasteiger partial charge in [-0.3, -0.25) is 63.1 Å². The number of allylic oxidation sites excluding steroid dienone is 2. The van der Waals surface area contributed by atoms with Gasteiger partial charge >= 0.3 is 31.3 Å². The molecule has 17 N–H and O–H groups in total. The number of nitrogens with two attached hydrogens (primary N) is 1. The molecule has 31 nitrogen and oxygen atoms in total. The van der Waals surface area contributed by atoms with Crippen molar-refractivity contribution >= 4 is 72.3 Å². The maximum atomic E-state index is 14.5. The molecule has 0 spiro atoms. The molecule has 4 unspecified atom stereocenters. The van der Waals surface area contributed by atoms with Crippen molar-refractivity contribution in [1.29, 1.82) is 0 Å². The zero-order valence-corrected chi connectivity index (χ0v) is 75.2. The number of hydrogen-bond acceptors (Lipinski definition) is 20. The summed E-state index contributed by atoms with van der Waals surface area (Å²) in [6.07, 6.45) is 18.6. The molecule has 127 heavy (non-hydrogen) atoms. The Balaban J connectivity index is 0.00000154. The van der Waals surface area contributed by atoms with Crippen LogP contribution in [0.3, 0.4) is 0 Å². The fourth-order valence-electron chi connectivity index (χ4n) is 11.0. The molecule has 0 aliphatic rings. The van der Waals surface area contributed by atoms with Crippen LogP contribution in [0, 0.1) is 0 Å². The number of phosphoric acid groups is 4. The Bertz CT molecular complexity index is 4360. The summed E-state index contributed by atoms with van der Waals surface area (Å²) in [5.41, 5.74) is 7.88. The first kappa shape index (κ1) is 118. The number of ketones is 2. The molecule has 0 aliphatic carbocycles. The number of unbranched alkanes of at least 4 members (excludes halogenated alkanes) is 14. The van der Waals surface area contributed by atoms with Crippen molar-refractivity contribution < 1.29 is 147 Å². The maximum Gasteiger partial charge on any atom is 0.524 e. The fraction of sp³-hybridized carbons (Fsp3) is 0.466. The van der Waals surface area contributed by atoms with E-state index in [-0.39, 0.29) is 120 Å². The fourth-order valence-corrected chi connectivity index (χ4v) is 12.7. The first-order valence-electron chi connectivity index (χ1n) is 41.3. The van der Waals surface area contributed by atoms with Crippen LogP contribution in [-0.4, -0.2) is 134 Å². The first-order valence-corrected chi connectivity index (χ1v) is 47.4. The highest BCUT2D eigenvalue weighted by molar-refractivity contribution is 7.47. The van der Waals surface area contributed by atoms with Crippen LogP contribution in [0.5, 0.6) is 34.5 Å². The second-order valence-electron chi connectivity index (χ2n) is 28.4. The molecule has 6 aromatic carbocycles. The molecule has 4 atom stereocenters. The summed E-state index contributed by atoms with van der Waals surface area (Å²) in [4.78, 5) is 130. The van der Waals surface area contributed by atoms with Gasteiger partial charge < -0.3 is 69.7 Å². The summed E-state index contributed by atoms with van der Waals surface area (Å²) in [6, 6.07) is 32.8. The Labute approximate surface area is 742 Å². The van der Waals surface area contributed by atoms with E-state index in [0.29, 0.717) is 57.6 Å². The van der Waals surface area contributed by atoms with Crippen LogP contribution >= 0.6 is 31.3 Å². The average Bonchev–Trinajstić information content (AvgIpc) is 0.846. The monoisotopic (exact) mass is 1870 g/mol. The number of alkyl halides is 4. The Kier molecular flexibility index (Phi) is 62.3. The molecule has 39 heteroatoms. The third-order valence-corrected chi connectivity index (χ3v) is 19.1. The van der Waals surface area contributed by atoms with Crippen LogP contribution < -0.4 is 39.8 Å². The van der Waals surface area contributed by atoms with Crippen molar-refractivity contribution in [2.75, 3.05) is 44.8 Å². The third-order valence-electron chi connectivity index (χ3n) is 17.4. The number of carbonyl (C=O) groups is 5. The quantitative estimate of drug-likeness (QED) is 0.00554. The van der Waals surface area contributed by atoms with Crippen LogP contribution in [0.2, 0.25) is 0 Å². The van der Waals surface area contributed by atoms with Gasteiger partial charge in [-0.1, -0.05) is 217 Å². The highest BCUT2D eigenvalue weighted by atomic mass is 31.2. The lowest BCUT2D eigenvalue weighted by molar-refractivity contribution is -0.127. The summed E-state index contributed by atoms with van der Waals surface area (Å²) in [5.74, 6) is -2.73. The first-order chi connectivity index (χ1) is 59.5. The zero-order chi connectivity index (χ0) is 94.5. The number of aromatic hydroxyl groups is 2. The minimum Gasteiger partial charge on any atom is -0.513 e. The Hall–Kier alpha value is -9.11. The van der Waals surface area contributed by atoms with E-state index in [9.17, 15) is 59.8 Å². The number of para-hydroxylation sites is 2. The molecule has 0 aliphatic heterocycles. The van der Waals surface area contributed by atoms with E-state index >= 15 is 0 Å². The third kappa shape index (κ3) is 60.4. The average molecular weight is 1880 g/mol. The molecule has 712 valence electrons. The van der Waals surface area contributed by atoms with E-state index < -0.39 is 74.1 Å². The molecule has 0 fully saturated rings. The van der Waals surface area contributed by atoms with Crippen molar-refractivity contribution in [3.63, 3.8) is 0 Å². The van der Waals surface area contributed by atoms with Crippen molar-refractivity contribution in [3.05, 3.63) is 204 Å². The number of aliphatic hydroxyl groups excluding tert-OH is 2. The predicted molar refractivity (Wildman–Crippen MR) is 480 cm³/mol. The van der Waals surface area contributed by atoms with Gasteiger partial charge in [0.1, 0.15) is 52.7 Å². The van der Waals surface area contributed by atoms with Crippen molar-refractivity contribution in [1.82, 2.24) is 10.6 Å². The standard InChI is InChI=1S/C22H36FN2O6P.C16H24FO5P.C15H23FNO7P.C14H21FNO5P.C10H12O2.C10H10O2.CH4/c1-2-3-7-13-18(24)19(26)14-8-5-4-6-11-16-25-22(27)21(23)17-12-9-10-15-20(17)31-32(28,29)30;1-2-3-4-5-6-7-8-15(18)16(17)13-9-11-14(12-10-13)22-23(19,20)21;1-2-8-22-10-11-23-9-7-17-15(18)14(16)12-5-3-4-6-13(12)24-25(19,20)21;1-2-3-4-5-6-14(17)16-12-7-8-13(11(9-12)10-15)21-22(18,19)20;2*1-8(11)2-3-9-4-6-10(12)7-5-9;/h9-10,12,15,18,21H,2-8,11,13-14,16,24H2,1H3,(H,25,27)(H2,28,29,30);9-12,16H,2-8H2,1H3,(H2,19,20,21);3-6,14H,2,7-11H2,1H3,(H,17,18)(H2,19,20,21);7-9H,2-6,10H2,1H3,(H,16,17)(H2,18,19,20);4-7,11-12H,1-3H2;2-7,11-12H,1H2;1H4/b;;;;;3-2+;. The molecule has 3 amide bonds. The van der Waals surface area contributed by atoms with Crippen LogP contribution in [0.4, 0.5) is 23.2 Å². The normalized spacial score (nSPS) is 12.0. The molecule has 6 rings (SSSR count). The number of anilines is 1. The van der Waals surface area contributed by atoms with Crippen LogP contribution in [0.1, 0.15) is 241 Å². The number of nitrogens with one attached hydrogen (secondary N) is 3. The van der Waals surface area contributed by atoms with E-state index in [4.69, 9.17) is 74.8 Å². The Morgan fingerprint density at radius 1 is 0.472 bits per heavy atom. The summed E-state index contributed by atoms with van der Waals surface area (Å²) < 4.78 is 127. The van der Waals surface area contributed by atoms with Gasteiger partial charge in [0.15, 0.2) is 12.0 Å². The summed E-state index contributed by atoms with van der Waals surface area (Å²) >= 11 is 0. The maximum absolute atomic E-state index is 14.5. The highest BCUT2D eigenvalue weighted by Gasteiger charge is 2.29. The number of carbonyl (C=O) groups excluding carboxylic acids is 5. The van der Waals surface area contributed by atoms with Gasteiger partial charge in [-0.2, -0.15) is 0 Å². The summed E-state index contributed by atoms with van der Waals surface area (Å²) in [5, 5.41) is 42.9. The highest BCUT2D eigenvalue weighted by Crippen LogP contribution is 2.44. The Morgan fingerprint density at radius 3 is 1.40 bits per heavy atom. The zero-order valence-electron chi connectivity index (χ0n) is 71.7. The van der Waals surface area contributed by atoms with Gasteiger partial charge in [-0.05, 0) is 134 Å². The lowest BCUT2D eigenvalue weighted by atomic mass is 10.0.